The normalized spacial score (nSPS) is 35.0. The molecule has 78 valence electrons. The molecular weight excluding hydrogens is 174 g/mol. The Bertz CT molecular complexity index is 325. The van der Waals surface area contributed by atoms with E-state index in [-0.39, 0.29) is 5.60 Å². The summed E-state index contributed by atoms with van der Waals surface area (Å²) < 4.78 is 5.92. The summed E-state index contributed by atoms with van der Waals surface area (Å²) >= 11 is 0. The Balaban J connectivity index is 2.40. The van der Waals surface area contributed by atoms with Crippen LogP contribution in [0.2, 0.25) is 0 Å². The summed E-state index contributed by atoms with van der Waals surface area (Å²) in [6.07, 6.45) is 3.34. The number of hydrogen-bond donors (Lipinski definition) is 1. The second-order valence-electron chi connectivity index (χ2n) is 5.16. The van der Waals surface area contributed by atoms with Crippen LogP contribution in [-0.2, 0) is 4.74 Å². The Hall–Kier alpha value is -0.920. The highest BCUT2D eigenvalue weighted by Gasteiger charge is 2.42. The molecule has 2 atom stereocenters. The van der Waals surface area contributed by atoms with E-state index < -0.39 is 0 Å². The van der Waals surface area contributed by atoms with Gasteiger partial charge in [0.05, 0.1) is 5.70 Å². The molecule has 0 aromatic carbocycles. The molecule has 2 nitrogen and oxygen atoms in total. The lowest BCUT2D eigenvalue weighted by atomic mass is 9.81. The van der Waals surface area contributed by atoms with E-state index in [1.807, 2.05) is 0 Å². The van der Waals surface area contributed by atoms with E-state index in [1.54, 1.807) is 0 Å². The van der Waals surface area contributed by atoms with Crippen LogP contribution >= 0.6 is 0 Å². The molecule has 2 N–H and O–H groups in total. The predicted octanol–water partition coefficient (Wildman–Crippen LogP) is 2.57. The monoisotopic (exact) mass is 193 g/mol. The maximum Gasteiger partial charge on any atom is 0.124 e. The summed E-state index contributed by atoms with van der Waals surface area (Å²) in [5.41, 5.74) is 8.02. The van der Waals surface area contributed by atoms with E-state index in [0.717, 1.165) is 17.9 Å². The van der Waals surface area contributed by atoms with Crippen molar-refractivity contribution in [2.45, 2.75) is 39.7 Å². The van der Waals surface area contributed by atoms with Gasteiger partial charge in [-0.3, -0.25) is 0 Å². The van der Waals surface area contributed by atoms with Crippen molar-refractivity contribution in [3.8, 4) is 0 Å². The van der Waals surface area contributed by atoms with Gasteiger partial charge in [-0.25, -0.2) is 0 Å². The Kier molecular flexibility index (Phi) is 1.91. The van der Waals surface area contributed by atoms with Crippen molar-refractivity contribution in [1.82, 2.24) is 0 Å². The fraction of sp³-hybridized carbons (Fsp3) is 0.667. The average Bonchev–Trinajstić information content (AvgIpc) is 2.38. The highest BCUT2D eigenvalue weighted by Crippen LogP contribution is 2.45. The van der Waals surface area contributed by atoms with Crippen molar-refractivity contribution >= 4 is 0 Å². The van der Waals surface area contributed by atoms with Crippen LogP contribution in [0.5, 0.6) is 0 Å². The molecule has 1 aliphatic heterocycles. The summed E-state index contributed by atoms with van der Waals surface area (Å²) in [6.45, 7) is 8.57. The lowest BCUT2D eigenvalue weighted by Gasteiger charge is -2.23. The lowest BCUT2D eigenvalue weighted by molar-refractivity contribution is 0.0749. The van der Waals surface area contributed by atoms with E-state index >= 15 is 0 Å². The maximum atomic E-state index is 6.03. The minimum atomic E-state index is -0.0443. The van der Waals surface area contributed by atoms with Gasteiger partial charge in [0.15, 0.2) is 0 Å². The second kappa shape index (κ2) is 2.78. The molecule has 1 heterocycles. The Morgan fingerprint density at radius 1 is 1.50 bits per heavy atom. The summed E-state index contributed by atoms with van der Waals surface area (Å²) in [6, 6.07) is 0. The Morgan fingerprint density at radius 3 is 2.79 bits per heavy atom. The zero-order chi connectivity index (χ0) is 10.5. The van der Waals surface area contributed by atoms with Crippen molar-refractivity contribution in [1.29, 1.82) is 0 Å². The van der Waals surface area contributed by atoms with Crippen molar-refractivity contribution < 1.29 is 4.74 Å². The highest BCUT2D eigenvalue weighted by molar-refractivity contribution is 5.36. The molecule has 2 heteroatoms. The van der Waals surface area contributed by atoms with Crippen LogP contribution in [0.25, 0.3) is 0 Å². The fourth-order valence-corrected chi connectivity index (χ4v) is 2.51. The molecule has 1 saturated heterocycles. The summed E-state index contributed by atoms with van der Waals surface area (Å²) in [7, 11) is 0. The number of rotatable bonds is 0. The topological polar surface area (TPSA) is 35.2 Å². The van der Waals surface area contributed by atoms with Gasteiger partial charge in [-0.1, -0.05) is 13.0 Å². The smallest absolute Gasteiger partial charge is 0.124 e. The van der Waals surface area contributed by atoms with E-state index in [1.165, 1.54) is 5.57 Å². The molecule has 0 radical (unpaired) electrons. The first-order valence-corrected chi connectivity index (χ1v) is 5.28. The molecule has 14 heavy (non-hydrogen) atoms. The van der Waals surface area contributed by atoms with E-state index in [0.29, 0.717) is 11.8 Å². The Labute approximate surface area is 85.8 Å². The molecule has 2 aliphatic rings. The molecule has 0 aromatic rings. The maximum absolute atomic E-state index is 6.03. The number of fused-ring (bicyclic) bond motifs is 1. The van der Waals surface area contributed by atoms with Gasteiger partial charge in [0.1, 0.15) is 11.4 Å². The molecule has 2 rings (SSSR count). The van der Waals surface area contributed by atoms with Crippen molar-refractivity contribution in [2.75, 3.05) is 0 Å². The van der Waals surface area contributed by atoms with Crippen LogP contribution in [0.3, 0.4) is 0 Å². The third-order valence-electron chi connectivity index (χ3n) is 3.27. The van der Waals surface area contributed by atoms with Gasteiger partial charge in [-0.2, -0.15) is 0 Å². The number of allylic oxidation sites excluding steroid dienone is 3. The van der Waals surface area contributed by atoms with Crippen molar-refractivity contribution in [3.63, 3.8) is 0 Å². The minimum Gasteiger partial charge on any atom is -0.490 e. The standard InChI is InChI=1S/C12H19NO/c1-7-5-8(2)10(13)11-9(7)6-12(3,4)14-11/h5,7,9H,6,13H2,1-4H3. The summed E-state index contributed by atoms with van der Waals surface area (Å²) in [5, 5.41) is 0. The summed E-state index contributed by atoms with van der Waals surface area (Å²) in [5.74, 6) is 2.08. The van der Waals surface area contributed by atoms with Gasteiger partial charge < -0.3 is 10.5 Å². The van der Waals surface area contributed by atoms with Gasteiger partial charge in [0.2, 0.25) is 0 Å². The Morgan fingerprint density at radius 2 is 2.14 bits per heavy atom. The fourth-order valence-electron chi connectivity index (χ4n) is 2.51. The molecule has 2 unspecified atom stereocenters. The first kappa shape index (κ1) is 9.63. The number of hydrogen-bond acceptors (Lipinski definition) is 2. The molecule has 1 aliphatic carbocycles. The predicted molar refractivity (Wildman–Crippen MR) is 57.4 cm³/mol. The molecule has 0 amide bonds. The highest BCUT2D eigenvalue weighted by atomic mass is 16.5. The molecule has 0 bridgehead atoms. The van der Waals surface area contributed by atoms with Gasteiger partial charge in [0, 0.05) is 5.92 Å². The van der Waals surface area contributed by atoms with Crippen LogP contribution in [0.15, 0.2) is 23.1 Å². The molecule has 1 fully saturated rings. The number of nitrogens with two attached hydrogens (primary N) is 1. The number of ether oxygens (including phenoxy) is 1. The van der Waals surface area contributed by atoms with Crippen LogP contribution in [-0.4, -0.2) is 5.60 Å². The van der Waals surface area contributed by atoms with Crippen LogP contribution in [0, 0.1) is 11.8 Å². The quantitative estimate of drug-likeness (QED) is 0.641. The van der Waals surface area contributed by atoms with Crippen molar-refractivity contribution in [2.24, 2.45) is 17.6 Å². The zero-order valence-electron chi connectivity index (χ0n) is 9.42. The molecule has 0 spiro atoms. The lowest BCUT2D eigenvalue weighted by Crippen LogP contribution is -2.19. The van der Waals surface area contributed by atoms with Crippen LogP contribution in [0.1, 0.15) is 34.1 Å². The van der Waals surface area contributed by atoms with Crippen molar-refractivity contribution in [3.05, 3.63) is 23.1 Å². The van der Waals surface area contributed by atoms with Gasteiger partial charge in [0.25, 0.3) is 0 Å². The average molecular weight is 193 g/mol. The zero-order valence-corrected chi connectivity index (χ0v) is 9.42. The first-order chi connectivity index (χ1) is 6.41. The first-order valence-electron chi connectivity index (χ1n) is 5.28. The molecule has 0 aromatic heterocycles. The SMILES string of the molecule is CC1=CC(C)C2CC(C)(C)OC2=C1N. The van der Waals surface area contributed by atoms with E-state index in [4.69, 9.17) is 10.5 Å². The third-order valence-corrected chi connectivity index (χ3v) is 3.27. The summed E-state index contributed by atoms with van der Waals surface area (Å²) in [4.78, 5) is 0. The molecule has 0 saturated carbocycles. The third kappa shape index (κ3) is 1.33. The van der Waals surface area contributed by atoms with Crippen LogP contribution < -0.4 is 5.73 Å². The van der Waals surface area contributed by atoms with E-state index in [9.17, 15) is 0 Å². The van der Waals surface area contributed by atoms with Gasteiger partial charge >= 0.3 is 0 Å². The van der Waals surface area contributed by atoms with E-state index in [2.05, 4.69) is 33.8 Å². The van der Waals surface area contributed by atoms with Gasteiger partial charge in [-0.15, -0.1) is 0 Å². The van der Waals surface area contributed by atoms with Gasteiger partial charge in [-0.05, 0) is 38.7 Å². The van der Waals surface area contributed by atoms with Crippen LogP contribution in [0.4, 0.5) is 0 Å². The minimum absolute atomic E-state index is 0.0443. The molecular formula is C12H19NO. The largest absolute Gasteiger partial charge is 0.490 e. The second-order valence-corrected chi connectivity index (χ2v) is 5.16.